The van der Waals surface area contributed by atoms with Crippen LogP contribution in [0.15, 0.2) is 30.3 Å². The summed E-state index contributed by atoms with van der Waals surface area (Å²) in [7, 11) is 4.17. The zero-order valence-corrected chi connectivity index (χ0v) is 18.7. The molecular formula is C23H34N6O. The summed E-state index contributed by atoms with van der Waals surface area (Å²) in [4.78, 5) is 18.0. The van der Waals surface area contributed by atoms with Crippen molar-refractivity contribution in [2.24, 2.45) is 5.92 Å². The number of piperidine rings is 1. The van der Waals surface area contributed by atoms with Crippen molar-refractivity contribution in [2.45, 2.75) is 63.5 Å². The molecule has 0 spiro atoms. The normalized spacial score (nSPS) is 23.2. The van der Waals surface area contributed by atoms with Crippen molar-refractivity contribution in [3.8, 4) is 0 Å². The maximum Gasteiger partial charge on any atom is 0.233 e. The van der Waals surface area contributed by atoms with Crippen LogP contribution in [0.1, 0.15) is 57.3 Å². The maximum absolute atomic E-state index is 13.7. The summed E-state index contributed by atoms with van der Waals surface area (Å²) in [6, 6.07) is 10.3. The molecule has 0 bridgehead atoms. The van der Waals surface area contributed by atoms with Gasteiger partial charge >= 0.3 is 0 Å². The van der Waals surface area contributed by atoms with Crippen LogP contribution < -0.4 is 0 Å². The molecule has 1 saturated carbocycles. The number of amides is 1. The number of benzene rings is 1. The average Bonchev–Trinajstić information content (AvgIpc) is 3.43. The van der Waals surface area contributed by atoms with Gasteiger partial charge in [-0.1, -0.05) is 44.2 Å². The largest absolute Gasteiger partial charge is 0.340 e. The number of hydrogen-bond donors (Lipinski definition) is 0. The molecule has 1 aliphatic carbocycles. The van der Waals surface area contributed by atoms with Gasteiger partial charge in [0.05, 0.1) is 5.41 Å². The molecule has 1 aromatic heterocycles. The lowest BCUT2D eigenvalue weighted by molar-refractivity contribution is -0.138. The lowest BCUT2D eigenvalue weighted by Crippen LogP contribution is -2.58. The number of hydrogen-bond acceptors (Lipinski definition) is 5. The van der Waals surface area contributed by atoms with E-state index in [1.165, 1.54) is 0 Å². The Morgan fingerprint density at radius 2 is 1.90 bits per heavy atom. The number of likely N-dealkylation sites (N-methyl/N-ethyl adjacent to an activating group) is 1. The Morgan fingerprint density at radius 3 is 2.53 bits per heavy atom. The maximum atomic E-state index is 13.7. The third-order valence-electron chi connectivity index (χ3n) is 6.97. The van der Waals surface area contributed by atoms with Gasteiger partial charge in [-0.25, -0.2) is 4.68 Å². The van der Waals surface area contributed by atoms with Crippen LogP contribution in [-0.4, -0.2) is 63.1 Å². The lowest BCUT2D eigenvalue weighted by atomic mass is 9.85. The Bertz CT molecular complexity index is 873. The summed E-state index contributed by atoms with van der Waals surface area (Å²) in [5.41, 5.74) is 0.458. The Labute approximate surface area is 179 Å². The molecule has 1 unspecified atom stereocenters. The molecular weight excluding hydrogens is 376 g/mol. The quantitative estimate of drug-likeness (QED) is 0.702. The van der Waals surface area contributed by atoms with Gasteiger partial charge in [0.25, 0.3) is 0 Å². The molecule has 1 atom stereocenters. The molecule has 0 N–H and O–H groups in total. The van der Waals surface area contributed by atoms with Crippen LogP contribution >= 0.6 is 0 Å². The van der Waals surface area contributed by atoms with Gasteiger partial charge in [-0.15, -0.1) is 5.10 Å². The van der Waals surface area contributed by atoms with Crippen LogP contribution in [0.2, 0.25) is 0 Å². The molecule has 0 radical (unpaired) electrons. The molecule has 1 saturated heterocycles. The Kier molecular flexibility index (Phi) is 5.66. The van der Waals surface area contributed by atoms with Crippen LogP contribution in [0.5, 0.6) is 0 Å². The van der Waals surface area contributed by atoms with Gasteiger partial charge < -0.3 is 4.90 Å². The molecule has 7 heteroatoms. The van der Waals surface area contributed by atoms with Crippen molar-refractivity contribution < 1.29 is 4.79 Å². The van der Waals surface area contributed by atoms with Crippen molar-refractivity contribution in [2.75, 3.05) is 27.2 Å². The molecule has 2 aromatic rings. The van der Waals surface area contributed by atoms with Crippen LogP contribution in [0.3, 0.4) is 0 Å². The molecule has 2 fully saturated rings. The van der Waals surface area contributed by atoms with E-state index in [4.69, 9.17) is 0 Å². The predicted octanol–water partition coefficient (Wildman–Crippen LogP) is 2.83. The minimum atomic E-state index is -0.360. The second kappa shape index (κ2) is 8.10. The van der Waals surface area contributed by atoms with E-state index in [9.17, 15) is 4.79 Å². The van der Waals surface area contributed by atoms with Gasteiger partial charge in [0.15, 0.2) is 5.82 Å². The minimum Gasteiger partial charge on any atom is -0.340 e. The summed E-state index contributed by atoms with van der Waals surface area (Å²) in [5.74, 6) is 1.73. The number of aromatic nitrogens is 4. The highest BCUT2D eigenvalue weighted by atomic mass is 16.2. The van der Waals surface area contributed by atoms with E-state index in [1.807, 2.05) is 22.9 Å². The molecule has 1 amide bonds. The fourth-order valence-electron chi connectivity index (χ4n) is 4.84. The van der Waals surface area contributed by atoms with Gasteiger partial charge in [0.2, 0.25) is 5.91 Å². The Morgan fingerprint density at radius 1 is 1.17 bits per heavy atom. The molecule has 2 heterocycles. The number of carbonyl (C=O) groups excluding carboxylic acids is 1. The third-order valence-corrected chi connectivity index (χ3v) is 6.97. The number of tetrazole rings is 1. The first-order valence-electron chi connectivity index (χ1n) is 11.2. The zero-order valence-electron chi connectivity index (χ0n) is 18.7. The van der Waals surface area contributed by atoms with Crippen LogP contribution in [-0.2, 0) is 22.3 Å². The highest BCUT2D eigenvalue weighted by Gasteiger charge is 2.55. The minimum absolute atomic E-state index is 0.265. The van der Waals surface area contributed by atoms with Gasteiger partial charge in [-0.2, -0.15) is 0 Å². The third kappa shape index (κ3) is 3.64. The smallest absolute Gasteiger partial charge is 0.233 e. The van der Waals surface area contributed by atoms with Crippen molar-refractivity contribution in [3.63, 3.8) is 0 Å². The van der Waals surface area contributed by atoms with Crippen molar-refractivity contribution in [1.29, 1.82) is 0 Å². The summed E-state index contributed by atoms with van der Waals surface area (Å²) < 4.78 is 1.96. The number of nitrogens with zero attached hydrogens (tertiary/aromatic N) is 6. The highest BCUT2D eigenvalue weighted by Crippen LogP contribution is 2.50. The second-order valence-corrected chi connectivity index (χ2v) is 9.61. The first-order valence-corrected chi connectivity index (χ1v) is 11.2. The van der Waals surface area contributed by atoms with Gasteiger partial charge in [-0.3, -0.25) is 9.69 Å². The lowest BCUT2D eigenvalue weighted by Gasteiger charge is -2.46. The van der Waals surface area contributed by atoms with Gasteiger partial charge in [0.1, 0.15) is 5.54 Å². The standard InChI is InChI=1S/C23H34N6O/c1-18(2)11-16-29-20(24-25-26-29)23(27(3)4)12-8-15-28(17-23)21(30)22(13-14-22)19-9-6-5-7-10-19/h5-7,9-10,18H,8,11-17H2,1-4H3. The van der Waals surface area contributed by atoms with Crippen molar-refractivity contribution in [3.05, 3.63) is 41.7 Å². The molecule has 4 rings (SSSR count). The molecule has 1 aromatic carbocycles. The molecule has 30 heavy (non-hydrogen) atoms. The number of carbonyl (C=O) groups is 1. The van der Waals surface area contributed by atoms with Crippen molar-refractivity contribution >= 4 is 5.91 Å². The number of rotatable bonds is 7. The molecule has 162 valence electrons. The van der Waals surface area contributed by atoms with Gasteiger partial charge in [-0.05, 0) is 68.1 Å². The Hall–Kier alpha value is -2.28. The SMILES string of the molecule is CC(C)CCn1nnnc1C1(N(C)C)CCCN(C(=O)C2(c3ccccc3)CC2)C1. The first kappa shape index (κ1) is 21.0. The van der Waals surface area contributed by atoms with E-state index in [0.717, 1.165) is 56.6 Å². The second-order valence-electron chi connectivity index (χ2n) is 9.61. The topological polar surface area (TPSA) is 67.2 Å². The molecule has 7 nitrogen and oxygen atoms in total. The monoisotopic (exact) mass is 410 g/mol. The summed E-state index contributed by atoms with van der Waals surface area (Å²) in [6.07, 6.45) is 4.80. The Balaban J connectivity index is 1.61. The average molecular weight is 411 g/mol. The van der Waals surface area contributed by atoms with Gasteiger partial charge in [0, 0.05) is 19.6 Å². The van der Waals surface area contributed by atoms with Crippen LogP contribution in [0.25, 0.3) is 0 Å². The first-order chi connectivity index (χ1) is 14.4. The van der Waals surface area contributed by atoms with Crippen LogP contribution in [0.4, 0.5) is 0 Å². The predicted molar refractivity (Wildman–Crippen MR) is 116 cm³/mol. The van der Waals surface area contributed by atoms with E-state index < -0.39 is 0 Å². The summed E-state index contributed by atoms with van der Waals surface area (Å²) in [6.45, 7) is 6.67. The molecule has 1 aliphatic heterocycles. The van der Waals surface area contributed by atoms with E-state index in [-0.39, 0.29) is 16.9 Å². The van der Waals surface area contributed by atoms with E-state index in [1.54, 1.807) is 0 Å². The highest BCUT2D eigenvalue weighted by molar-refractivity contribution is 5.91. The van der Waals surface area contributed by atoms with E-state index in [0.29, 0.717) is 12.5 Å². The molecule has 2 aliphatic rings. The number of likely N-dealkylation sites (tertiary alicyclic amines) is 1. The van der Waals surface area contributed by atoms with Crippen LogP contribution in [0, 0.1) is 5.92 Å². The van der Waals surface area contributed by atoms with E-state index >= 15 is 0 Å². The summed E-state index contributed by atoms with van der Waals surface area (Å²) in [5, 5.41) is 12.8. The van der Waals surface area contributed by atoms with E-state index in [2.05, 4.69) is 65.4 Å². The van der Waals surface area contributed by atoms with Crippen molar-refractivity contribution in [1.82, 2.24) is 30.0 Å². The fraction of sp³-hybridized carbons (Fsp3) is 0.652. The summed E-state index contributed by atoms with van der Waals surface area (Å²) >= 11 is 0. The fourth-order valence-corrected chi connectivity index (χ4v) is 4.84. The zero-order chi connectivity index (χ0) is 21.4. The number of aryl methyl sites for hydroxylation is 1.